The van der Waals surface area contributed by atoms with Crippen LogP contribution in [0.3, 0.4) is 0 Å². The summed E-state index contributed by atoms with van der Waals surface area (Å²) < 4.78 is 0. The molecular weight excluding hydrogens is 190 g/mol. The van der Waals surface area contributed by atoms with E-state index in [1.165, 1.54) is 19.3 Å². The fourth-order valence-corrected chi connectivity index (χ4v) is 4.19. The molecule has 5 atom stereocenters. The van der Waals surface area contributed by atoms with Gasteiger partial charge in [0.25, 0.3) is 0 Å². The summed E-state index contributed by atoms with van der Waals surface area (Å²) in [5, 5.41) is 9.01. The van der Waals surface area contributed by atoms with Crippen molar-refractivity contribution < 1.29 is 9.90 Å². The first-order valence-electron chi connectivity index (χ1n) is 6.13. The van der Waals surface area contributed by atoms with Crippen molar-refractivity contribution in [3.8, 4) is 0 Å². The minimum atomic E-state index is -0.665. The van der Waals surface area contributed by atoms with Crippen molar-refractivity contribution in [1.29, 1.82) is 0 Å². The predicted molar refractivity (Wildman–Crippen MR) is 56.5 cm³/mol. The first kappa shape index (κ1) is 9.64. The van der Waals surface area contributed by atoms with E-state index in [0.717, 1.165) is 36.8 Å². The Morgan fingerprint density at radius 1 is 1.27 bits per heavy atom. The fourth-order valence-electron chi connectivity index (χ4n) is 4.19. The Kier molecular flexibility index (Phi) is 2.06. The number of carbonyl (C=O) groups is 1. The molecule has 1 saturated heterocycles. The highest BCUT2D eigenvalue weighted by Gasteiger charge is 2.52. The number of carboxylic acids is 1. The van der Waals surface area contributed by atoms with Crippen molar-refractivity contribution in [2.24, 2.45) is 23.7 Å². The van der Waals surface area contributed by atoms with E-state index in [4.69, 9.17) is 5.11 Å². The van der Waals surface area contributed by atoms with Crippen molar-refractivity contribution in [3.63, 3.8) is 0 Å². The summed E-state index contributed by atoms with van der Waals surface area (Å²) in [6, 6.07) is -0.282. The van der Waals surface area contributed by atoms with Crippen LogP contribution in [0, 0.1) is 23.7 Å². The van der Waals surface area contributed by atoms with Crippen LogP contribution >= 0.6 is 0 Å². The van der Waals surface area contributed by atoms with E-state index in [9.17, 15) is 4.79 Å². The van der Waals surface area contributed by atoms with Crippen molar-refractivity contribution in [3.05, 3.63) is 0 Å². The topological polar surface area (TPSA) is 40.5 Å². The molecule has 0 radical (unpaired) electrons. The molecule has 1 aliphatic heterocycles. The lowest BCUT2D eigenvalue weighted by Crippen LogP contribution is -2.38. The maximum absolute atomic E-state index is 10.9. The van der Waals surface area contributed by atoms with Crippen LogP contribution in [0.5, 0.6) is 0 Å². The minimum absolute atomic E-state index is 0.282. The Balaban J connectivity index is 1.71. The molecule has 3 nitrogen and oxygen atoms in total. The smallest absolute Gasteiger partial charge is 0.320 e. The van der Waals surface area contributed by atoms with Crippen LogP contribution in [0.4, 0.5) is 0 Å². The van der Waals surface area contributed by atoms with E-state index >= 15 is 0 Å². The summed E-state index contributed by atoms with van der Waals surface area (Å²) in [7, 11) is 0. The van der Waals surface area contributed by atoms with Gasteiger partial charge in [0.2, 0.25) is 0 Å². The van der Waals surface area contributed by atoms with Gasteiger partial charge >= 0.3 is 5.97 Å². The SMILES string of the molecule is CC(C(=O)O)N1CC2C3CCC(C3)C2C1. The number of aliphatic carboxylic acids is 1. The Hall–Kier alpha value is -0.570. The number of likely N-dealkylation sites (tertiary alicyclic amines) is 1. The Morgan fingerprint density at radius 3 is 2.27 bits per heavy atom. The van der Waals surface area contributed by atoms with Crippen LogP contribution in [-0.4, -0.2) is 35.1 Å². The number of hydrogen-bond acceptors (Lipinski definition) is 2. The van der Waals surface area contributed by atoms with Gasteiger partial charge in [0.15, 0.2) is 0 Å². The molecule has 84 valence electrons. The second kappa shape index (κ2) is 3.21. The molecule has 0 aromatic heterocycles. The zero-order chi connectivity index (χ0) is 10.6. The summed E-state index contributed by atoms with van der Waals surface area (Å²) in [5.41, 5.74) is 0. The summed E-state index contributed by atoms with van der Waals surface area (Å²) in [4.78, 5) is 13.1. The van der Waals surface area contributed by atoms with Gasteiger partial charge in [0.05, 0.1) is 0 Å². The number of fused-ring (bicyclic) bond motifs is 5. The van der Waals surface area contributed by atoms with Crippen LogP contribution in [0.2, 0.25) is 0 Å². The molecule has 1 N–H and O–H groups in total. The fraction of sp³-hybridized carbons (Fsp3) is 0.917. The second-order valence-electron chi connectivity index (χ2n) is 5.63. The maximum atomic E-state index is 10.9. The lowest BCUT2D eigenvalue weighted by atomic mass is 9.82. The van der Waals surface area contributed by atoms with E-state index in [0.29, 0.717) is 0 Å². The van der Waals surface area contributed by atoms with E-state index in [1.54, 1.807) is 0 Å². The molecule has 3 heteroatoms. The normalized spacial score (nSPS) is 45.7. The van der Waals surface area contributed by atoms with E-state index in [1.807, 2.05) is 6.92 Å². The Bertz CT molecular complexity index is 273. The molecule has 0 aromatic carbocycles. The van der Waals surface area contributed by atoms with Gasteiger partial charge in [0, 0.05) is 13.1 Å². The van der Waals surface area contributed by atoms with Gasteiger partial charge in [-0.2, -0.15) is 0 Å². The molecule has 15 heavy (non-hydrogen) atoms. The number of hydrogen-bond donors (Lipinski definition) is 1. The number of carboxylic acid groups (broad SMARTS) is 1. The van der Waals surface area contributed by atoms with Crippen molar-refractivity contribution in [2.75, 3.05) is 13.1 Å². The van der Waals surface area contributed by atoms with Gasteiger partial charge in [-0.3, -0.25) is 9.69 Å². The number of nitrogens with zero attached hydrogens (tertiary/aromatic N) is 1. The molecule has 2 bridgehead atoms. The monoisotopic (exact) mass is 209 g/mol. The molecule has 1 heterocycles. The highest BCUT2D eigenvalue weighted by Crippen LogP contribution is 2.55. The molecule has 3 aliphatic rings. The molecule has 0 aromatic rings. The van der Waals surface area contributed by atoms with Gasteiger partial charge in [0.1, 0.15) is 6.04 Å². The zero-order valence-electron chi connectivity index (χ0n) is 9.22. The minimum Gasteiger partial charge on any atom is -0.480 e. The van der Waals surface area contributed by atoms with Gasteiger partial charge < -0.3 is 5.11 Å². The molecular formula is C12H19NO2. The van der Waals surface area contributed by atoms with Crippen LogP contribution in [0.25, 0.3) is 0 Å². The molecule has 0 amide bonds. The first-order valence-corrected chi connectivity index (χ1v) is 6.13. The van der Waals surface area contributed by atoms with Gasteiger partial charge in [-0.05, 0) is 49.9 Å². The zero-order valence-corrected chi connectivity index (χ0v) is 9.22. The van der Waals surface area contributed by atoms with Crippen molar-refractivity contribution in [1.82, 2.24) is 4.90 Å². The Morgan fingerprint density at radius 2 is 1.80 bits per heavy atom. The third kappa shape index (κ3) is 1.32. The van der Waals surface area contributed by atoms with E-state index in [-0.39, 0.29) is 6.04 Å². The summed E-state index contributed by atoms with van der Waals surface area (Å²) >= 11 is 0. The summed E-state index contributed by atoms with van der Waals surface area (Å²) in [5.74, 6) is 2.83. The summed E-state index contributed by atoms with van der Waals surface area (Å²) in [6.45, 7) is 3.91. The van der Waals surface area contributed by atoms with Crippen LogP contribution in [-0.2, 0) is 4.79 Å². The largest absolute Gasteiger partial charge is 0.480 e. The average Bonchev–Trinajstić information content (AvgIpc) is 2.87. The summed E-state index contributed by atoms with van der Waals surface area (Å²) in [6.07, 6.45) is 4.24. The third-order valence-corrected chi connectivity index (χ3v) is 5.07. The van der Waals surface area contributed by atoms with E-state index < -0.39 is 5.97 Å². The number of rotatable bonds is 2. The predicted octanol–water partition coefficient (Wildman–Crippen LogP) is 1.44. The molecule has 0 spiro atoms. The van der Waals surface area contributed by atoms with Crippen molar-refractivity contribution in [2.45, 2.75) is 32.2 Å². The molecule has 3 rings (SSSR count). The van der Waals surface area contributed by atoms with Gasteiger partial charge in [-0.1, -0.05) is 0 Å². The van der Waals surface area contributed by atoms with Gasteiger partial charge in [-0.25, -0.2) is 0 Å². The standard InChI is InChI=1S/C12H19NO2/c1-7(12(14)15)13-5-10-8-2-3-9(4-8)11(10)6-13/h7-11H,2-6H2,1H3,(H,14,15). The molecule has 2 aliphatic carbocycles. The molecule has 5 unspecified atom stereocenters. The maximum Gasteiger partial charge on any atom is 0.320 e. The Labute approximate surface area is 90.5 Å². The second-order valence-corrected chi connectivity index (χ2v) is 5.63. The van der Waals surface area contributed by atoms with Crippen LogP contribution in [0.1, 0.15) is 26.2 Å². The quantitative estimate of drug-likeness (QED) is 0.748. The third-order valence-electron chi connectivity index (χ3n) is 5.07. The lowest BCUT2D eigenvalue weighted by molar-refractivity contribution is -0.142. The van der Waals surface area contributed by atoms with E-state index in [2.05, 4.69) is 4.90 Å². The molecule has 2 saturated carbocycles. The first-order chi connectivity index (χ1) is 7.16. The van der Waals surface area contributed by atoms with Gasteiger partial charge in [-0.15, -0.1) is 0 Å². The molecule has 3 fully saturated rings. The lowest BCUT2D eigenvalue weighted by Gasteiger charge is -2.22. The van der Waals surface area contributed by atoms with Crippen molar-refractivity contribution >= 4 is 5.97 Å². The highest BCUT2D eigenvalue weighted by molar-refractivity contribution is 5.72. The highest BCUT2D eigenvalue weighted by atomic mass is 16.4. The average molecular weight is 209 g/mol. The van der Waals surface area contributed by atoms with Crippen LogP contribution < -0.4 is 0 Å². The van der Waals surface area contributed by atoms with Crippen LogP contribution in [0.15, 0.2) is 0 Å².